The minimum atomic E-state index is -0.812. The van der Waals surface area contributed by atoms with Gasteiger partial charge in [-0.05, 0) is 46.3 Å². The van der Waals surface area contributed by atoms with E-state index >= 15 is 0 Å². The second kappa shape index (κ2) is 7.00. The number of halogens is 4. The molecule has 0 bridgehead atoms. The van der Waals surface area contributed by atoms with Crippen LogP contribution in [0.3, 0.4) is 0 Å². The van der Waals surface area contributed by atoms with Crippen LogP contribution in [0.15, 0.2) is 45.3 Å². The van der Waals surface area contributed by atoms with Crippen molar-refractivity contribution in [3.05, 3.63) is 57.0 Å². The summed E-state index contributed by atoms with van der Waals surface area (Å²) in [6.45, 7) is -0.117. The SMILES string of the molecule is O=C(CNc1ccc(Br)cc1Br)Nc1c(F)cccc1F. The van der Waals surface area contributed by atoms with Gasteiger partial charge in [-0.25, -0.2) is 8.78 Å². The maximum absolute atomic E-state index is 13.4. The lowest BCUT2D eigenvalue weighted by Crippen LogP contribution is -2.23. The molecule has 0 spiro atoms. The molecule has 0 heterocycles. The van der Waals surface area contributed by atoms with Crippen LogP contribution in [0.1, 0.15) is 0 Å². The molecule has 0 fully saturated rings. The van der Waals surface area contributed by atoms with Crippen LogP contribution in [0.2, 0.25) is 0 Å². The number of anilines is 2. The second-order valence-corrected chi connectivity index (χ2v) is 5.89. The molecule has 0 aliphatic rings. The number of para-hydroxylation sites is 1. The lowest BCUT2D eigenvalue weighted by Gasteiger charge is -2.10. The van der Waals surface area contributed by atoms with Crippen LogP contribution in [0.4, 0.5) is 20.2 Å². The van der Waals surface area contributed by atoms with E-state index in [1.807, 2.05) is 12.1 Å². The molecule has 0 unspecified atom stereocenters. The Labute approximate surface area is 137 Å². The van der Waals surface area contributed by atoms with E-state index < -0.39 is 23.2 Å². The summed E-state index contributed by atoms with van der Waals surface area (Å²) in [6, 6.07) is 8.79. The second-order valence-electron chi connectivity index (χ2n) is 4.12. The van der Waals surface area contributed by atoms with Gasteiger partial charge < -0.3 is 10.6 Å². The molecule has 0 saturated carbocycles. The van der Waals surface area contributed by atoms with Gasteiger partial charge >= 0.3 is 0 Å². The molecular weight excluding hydrogens is 410 g/mol. The molecule has 2 rings (SSSR count). The summed E-state index contributed by atoms with van der Waals surface area (Å²) in [5.74, 6) is -2.17. The van der Waals surface area contributed by atoms with Crippen molar-refractivity contribution >= 4 is 49.1 Å². The lowest BCUT2D eigenvalue weighted by atomic mass is 10.3. The van der Waals surface area contributed by atoms with Crippen LogP contribution < -0.4 is 10.6 Å². The first-order chi connectivity index (χ1) is 9.97. The number of rotatable bonds is 4. The fraction of sp³-hybridized carbons (Fsp3) is 0.0714. The Morgan fingerprint density at radius 3 is 2.38 bits per heavy atom. The molecule has 0 radical (unpaired) electrons. The Morgan fingerprint density at radius 1 is 1.10 bits per heavy atom. The van der Waals surface area contributed by atoms with E-state index in [9.17, 15) is 13.6 Å². The van der Waals surface area contributed by atoms with Crippen molar-refractivity contribution in [2.45, 2.75) is 0 Å². The molecule has 2 aromatic rings. The summed E-state index contributed by atoms with van der Waals surface area (Å²) in [4.78, 5) is 11.7. The van der Waals surface area contributed by atoms with E-state index in [0.717, 1.165) is 21.1 Å². The normalized spacial score (nSPS) is 10.3. The van der Waals surface area contributed by atoms with Gasteiger partial charge in [0.25, 0.3) is 0 Å². The number of nitrogens with one attached hydrogen (secondary N) is 2. The minimum absolute atomic E-state index is 0.117. The van der Waals surface area contributed by atoms with Gasteiger partial charge in [0.05, 0.1) is 6.54 Å². The molecule has 7 heteroatoms. The van der Waals surface area contributed by atoms with Crippen molar-refractivity contribution in [3.63, 3.8) is 0 Å². The predicted molar refractivity (Wildman–Crippen MR) is 85.3 cm³/mol. The van der Waals surface area contributed by atoms with Gasteiger partial charge in [-0.1, -0.05) is 22.0 Å². The smallest absolute Gasteiger partial charge is 0.243 e. The number of hydrogen-bond donors (Lipinski definition) is 2. The van der Waals surface area contributed by atoms with Gasteiger partial charge in [-0.2, -0.15) is 0 Å². The first kappa shape index (κ1) is 15.9. The van der Waals surface area contributed by atoms with Gasteiger partial charge in [-0.3, -0.25) is 4.79 Å². The van der Waals surface area contributed by atoms with E-state index in [0.29, 0.717) is 5.69 Å². The molecule has 1 amide bonds. The highest BCUT2D eigenvalue weighted by molar-refractivity contribution is 9.11. The summed E-state index contributed by atoms with van der Waals surface area (Å²) < 4.78 is 28.4. The largest absolute Gasteiger partial charge is 0.375 e. The molecule has 0 saturated heterocycles. The van der Waals surface area contributed by atoms with Crippen molar-refractivity contribution in [2.75, 3.05) is 17.2 Å². The summed E-state index contributed by atoms with van der Waals surface area (Å²) in [5.41, 5.74) is 0.251. The number of carbonyl (C=O) groups is 1. The Hall–Kier alpha value is -1.47. The Bertz CT molecular complexity index is 660. The van der Waals surface area contributed by atoms with Crippen LogP contribution >= 0.6 is 31.9 Å². The van der Waals surface area contributed by atoms with Crippen LogP contribution in [0, 0.1) is 11.6 Å². The zero-order valence-corrected chi connectivity index (χ0v) is 13.8. The molecule has 0 atom stereocenters. The van der Waals surface area contributed by atoms with Crippen LogP contribution in [0.25, 0.3) is 0 Å². The van der Waals surface area contributed by atoms with E-state index in [1.54, 1.807) is 6.07 Å². The number of amides is 1. The number of hydrogen-bond acceptors (Lipinski definition) is 2. The van der Waals surface area contributed by atoms with Crippen LogP contribution in [0.5, 0.6) is 0 Å². The standard InChI is InChI=1S/C14H10Br2F2N2O/c15-8-4-5-12(9(16)6-8)19-7-13(21)20-14-10(17)2-1-3-11(14)18/h1-6,19H,7H2,(H,20,21). The zero-order valence-electron chi connectivity index (χ0n) is 10.6. The first-order valence-electron chi connectivity index (χ1n) is 5.90. The van der Waals surface area contributed by atoms with E-state index in [2.05, 4.69) is 42.5 Å². The van der Waals surface area contributed by atoms with Crippen molar-refractivity contribution in [1.82, 2.24) is 0 Å². The molecule has 110 valence electrons. The highest BCUT2D eigenvalue weighted by Gasteiger charge is 2.12. The average molecular weight is 420 g/mol. The maximum Gasteiger partial charge on any atom is 0.243 e. The molecule has 3 nitrogen and oxygen atoms in total. The average Bonchev–Trinajstić information content (AvgIpc) is 2.42. The van der Waals surface area contributed by atoms with Gasteiger partial charge in [-0.15, -0.1) is 0 Å². The lowest BCUT2D eigenvalue weighted by molar-refractivity contribution is -0.114. The van der Waals surface area contributed by atoms with Gasteiger partial charge in [0.2, 0.25) is 5.91 Å². The molecule has 21 heavy (non-hydrogen) atoms. The van der Waals surface area contributed by atoms with Crippen LogP contribution in [-0.4, -0.2) is 12.5 Å². The first-order valence-corrected chi connectivity index (χ1v) is 7.49. The summed E-state index contributed by atoms with van der Waals surface area (Å²) in [5, 5.41) is 5.08. The van der Waals surface area contributed by atoms with Gasteiger partial charge in [0, 0.05) is 14.6 Å². The van der Waals surface area contributed by atoms with Gasteiger partial charge in [0.15, 0.2) is 0 Å². The van der Waals surface area contributed by atoms with Gasteiger partial charge in [0.1, 0.15) is 17.3 Å². The molecular formula is C14H10Br2F2N2O. The van der Waals surface area contributed by atoms with Crippen molar-refractivity contribution in [3.8, 4) is 0 Å². The Kier molecular flexibility index (Phi) is 5.30. The Balaban J connectivity index is 1.99. The molecule has 0 aliphatic carbocycles. The molecule has 0 aliphatic heterocycles. The Morgan fingerprint density at radius 2 is 1.76 bits per heavy atom. The quantitative estimate of drug-likeness (QED) is 0.763. The summed E-state index contributed by atoms with van der Waals surface area (Å²) in [6.07, 6.45) is 0. The van der Waals surface area contributed by atoms with Crippen molar-refractivity contribution < 1.29 is 13.6 Å². The monoisotopic (exact) mass is 418 g/mol. The highest BCUT2D eigenvalue weighted by Crippen LogP contribution is 2.26. The van der Waals surface area contributed by atoms with Crippen molar-refractivity contribution in [1.29, 1.82) is 0 Å². The van der Waals surface area contributed by atoms with E-state index in [4.69, 9.17) is 0 Å². The third-order valence-electron chi connectivity index (χ3n) is 2.60. The van der Waals surface area contributed by atoms with Crippen molar-refractivity contribution in [2.24, 2.45) is 0 Å². The third-order valence-corrected chi connectivity index (χ3v) is 3.75. The predicted octanol–water partition coefficient (Wildman–Crippen LogP) is 4.54. The third kappa shape index (κ3) is 4.25. The fourth-order valence-electron chi connectivity index (χ4n) is 1.61. The topological polar surface area (TPSA) is 41.1 Å². The zero-order chi connectivity index (χ0) is 15.4. The molecule has 2 N–H and O–H groups in total. The molecule has 0 aromatic heterocycles. The maximum atomic E-state index is 13.4. The summed E-state index contributed by atoms with van der Waals surface area (Å²) >= 11 is 6.66. The highest BCUT2D eigenvalue weighted by atomic mass is 79.9. The minimum Gasteiger partial charge on any atom is -0.375 e. The number of benzene rings is 2. The van der Waals surface area contributed by atoms with Crippen LogP contribution in [-0.2, 0) is 4.79 Å². The summed E-state index contributed by atoms with van der Waals surface area (Å²) in [7, 11) is 0. The van der Waals surface area contributed by atoms with E-state index in [-0.39, 0.29) is 6.54 Å². The number of carbonyl (C=O) groups excluding carboxylic acids is 1. The van der Waals surface area contributed by atoms with E-state index in [1.165, 1.54) is 6.07 Å². The molecule has 2 aromatic carbocycles. The fourth-order valence-corrected chi connectivity index (χ4v) is 2.80.